The molecule has 0 radical (unpaired) electrons. The third kappa shape index (κ3) is 3.59. The zero-order chi connectivity index (χ0) is 21.4. The molecule has 0 unspecified atom stereocenters. The quantitative estimate of drug-likeness (QED) is 0.577. The molecule has 0 saturated heterocycles. The van der Waals surface area contributed by atoms with Crippen molar-refractivity contribution in [3.8, 4) is 28.6 Å². The summed E-state index contributed by atoms with van der Waals surface area (Å²) in [6, 6.07) is 8.88. The zero-order valence-electron chi connectivity index (χ0n) is 17.3. The first kappa shape index (κ1) is 20.2. The van der Waals surface area contributed by atoms with E-state index in [1.165, 1.54) is 16.2 Å². The number of hydrogen-bond donors (Lipinski definition) is 3. The first-order valence-electron chi connectivity index (χ1n) is 9.96. The minimum atomic E-state index is -0.391. The zero-order valence-corrected chi connectivity index (χ0v) is 17.3. The second-order valence-corrected chi connectivity index (χ2v) is 7.93. The Morgan fingerprint density at radius 2 is 1.90 bits per heavy atom. The Hall–Kier alpha value is -3.10. The molecule has 4 rings (SSSR count). The summed E-state index contributed by atoms with van der Waals surface area (Å²) >= 11 is 0. The number of phenolic OH excluding ortho intramolecular Hbond substituents is 2. The van der Waals surface area contributed by atoms with Crippen molar-refractivity contribution in [3.05, 3.63) is 57.5 Å². The summed E-state index contributed by atoms with van der Waals surface area (Å²) in [5, 5.41) is 27.2. The van der Waals surface area contributed by atoms with Crippen LogP contribution in [0.3, 0.4) is 0 Å². The van der Waals surface area contributed by atoms with Crippen LogP contribution in [0, 0.1) is 0 Å². The van der Waals surface area contributed by atoms with E-state index in [1.54, 1.807) is 13.2 Å². The fourth-order valence-electron chi connectivity index (χ4n) is 3.92. The van der Waals surface area contributed by atoms with Gasteiger partial charge in [0.2, 0.25) is 0 Å². The lowest BCUT2D eigenvalue weighted by molar-refractivity contribution is 0.147. The lowest BCUT2D eigenvalue weighted by Gasteiger charge is -2.13. The molecule has 2 heterocycles. The average molecular weight is 410 g/mol. The van der Waals surface area contributed by atoms with Gasteiger partial charge in [0.1, 0.15) is 11.5 Å². The summed E-state index contributed by atoms with van der Waals surface area (Å²) in [5.41, 5.74) is 3.72. The minimum Gasteiger partial charge on any atom is -0.508 e. The molecule has 0 saturated carbocycles. The number of hydrogen-bond acceptors (Lipinski definition) is 6. The van der Waals surface area contributed by atoms with Gasteiger partial charge in [0.25, 0.3) is 0 Å². The molecule has 1 aliphatic heterocycles. The highest BCUT2D eigenvalue weighted by Gasteiger charge is 2.22. The first-order chi connectivity index (χ1) is 14.4. The predicted octanol–water partition coefficient (Wildman–Crippen LogP) is 2.72. The number of methoxy groups -OCH3 is 1. The van der Waals surface area contributed by atoms with Gasteiger partial charge in [-0.25, -0.2) is 14.5 Å². The fraction of sp³-hybridized carbons (Fsp3) is 0.364. The molecule has 1 aromatic heterocycles. The molecule has 3 N–H and O–H groups in total. The normalized spacial score (nSPS) is 13.9. The van der Waals surface area contributed by atoms with Crippen LogP contribution in [0.25, 0.3) is 17.1 Å². The van der Waals surface area contributed by atoms with E-state index < -0.39 is 5.69 Å². The maximum absolute atomic E-state index is 12.6. The number of aromatic nitrogens is 3. The third-order valence-electron chi connectivity index (χ3n) is 5.53. The molecule has 0 atom stereocenters. The maximum Gasteiger partial charge on any atom is 0.348 e. The van der Waals surface area contributed by atoms with Crippen molar-refractivity contribution in [2.75, 3.05) is 20.3 Å². The van der Waals surface area contributed by atoms with Crippen molar-refractivity contribution in [1.82, 2.24) is 19.7 Å². The van der Waals surface area contributed by atoms with E-state index in [1.807, 2.05) is 32.0 Å². The summed E-state index contributed by atoms with van der Waals surface area (Å²) in [7, 11) is 1.69. The monoisotopic (exact) mass is 410 g/mol. The second kappa shape index (κ2) is 7.97. The Balaban J connectivity index is 1.76. The summed E-state index contributed by atoms with van der Waals surface area (Å²) in [6.07, 6.45) is 0. The molecule has 0 aliphatic carbocycles. The molecule has 8 heteroatoms. The van der Waals surface area contributed by atoms with Crippen molar-refractivity contribution in [2.45, 2.75) is 32.9 Å². The van der Waals surface area contributed by atoms with Crippen molar-refractivity contribution in [3.63, 3.8) is 0 Å². The average Bonchev–Trinajstić information content (AvgIpc) is 3.28. The maximum atomic E-state index is 12.6. The molecular weight excluding hydrogens is 384 g/mol. The molecule has 0 bridgehead atoms. The van der Waals surface area contributed by atoms with Gasteiger partial charge in [0.15, 0.2) is 5.82 Å². The molecular formula is C22H26N4O4. The largest absolute Gasteiger partial charge is 0.508 e. The molecule has 30 heavy (non-hydrogen) atoms. The van der Waals surface area contributed by atoms with Crippen LogP contribution in [0.1, 0.15) is 36.5 Å². The smallest absolute Gasteiger partial charge is 0.348 e. The number of ether oxygens (including phenoxy) is 1. The van der Waals surface area contributed by atoms with Gasteiger partial charge >= 0.3 is 5.69 Å². The number of aromatic amines is 1. The van der Waals surface area contributed by atoms with Gasteiger partial charge in [-0.2, -0.15) is 5.10 Å². The number of fused-ring (bicyclic) bond motifs is 1. The van der Waals surface area contributed by atoms with E-state index in [-0.39, 0.29) is 17.4 Å². The second-order valence-electron chi connectivity index (χ2n) is 7.93. The van der Waals surface area contributed by atoms with Crippen molar-refractivity contribution in [2.24, 2.45) is 0 Å². The van der Waals surface area contributed by atoms with Gasteiger partial charge in [0.05, 0.1) is 17.9 Å². The van der Waals surface area contributed by atoms with E-state index in [0.29, 0.717) is 29.2 Å². The molecule has 8 nitrogen and oxygen atoms in total. The van der Waals surface area contributed by atoms with Crippen molar-refractivity contribution >= 4 is 0 Å². The number of H-pyrrole nitrogens is 1. The first-order valence-corrected chi connectivity index (χ1v) is 9.96. The van der Waals surface area contributed by atoms with Crippen LogP contribution < -0.4 is 5.69 Å². The van der Waals surface area contributed by atoms with Crippen LogP contribution in [-0.4, -0.2) is 50.1 Å². The lowest BCUT2D eigenvalue weighted by Crippen LogP contribution is -2.21. The topological polar surface area (TPSA) is 104 Å². The van der Waals surface area contributed by atoms with Crippen LogP contribution in [-0.2, 0) is 17.8 Å². The highest BCUT2D eigenvalue weighted by atomic mass is 16.5. The SMILES string of the molecule is COCCN1Cc2ccc(-n3c(-c4cc(C(C)C)c(O)cc4O)n[nH]c3=O)cc2C1. The van der Waals surface area contributed by atoms with Crippen molar-refractivity contribution in [1.29, 1.82) is 0 Å². The molecule has 3 aromatic rings. The van der Waals surface area contributed by atoms with Crippen LogP contribution in [0.15, 0.2) is 35.1 Å². The van der Waals surface area contributed by atoms with Gasteiger partial charge in [-0.05, 0) is 40.8 Å². The summed E-state index contributed by atoms with van der Waals surface area (Å²) in [4.78, 5) is 14.9. The number of benzene rings is 2. The van der Waals surface area contributed by atoms with E-state index in [0.717, 1.165) is 25.2 Å². The summed E-state index contributed by atoms with van der Waals surface area (Å²) in [6.45, 7) is 7.05. The lowest BCUT2D eigenvalue weighted by atomic mass is 9.98. The molecule has 2 aromatic carbocycles. The number of nitrogens with zero attached hydrogens (tertiary/aromatic N) is 3. The van der Waals surface area contributed by atoms with Crippen LogP contribution in [0.5, 0.6) is 11.5 Å². The molecule has 0 fully saturated rings. The fourth-order valence-corrected chi connectivity index (χ4v) is 3.92. The number of rotatable bonds is 6. The molecule has 0 spiro atoms. The van der Waals surface area contributed by atoms with Gasteiger partial charge in [-0.1, -0.05) is 19.9 Å². The van der Waals surface area contributed by atoms with E-state index in [4.69, 9.17) is 4.74 Å². The van der Waals surface area contributed by atoms with Crippen molar-refractivity contribution < 1.29 is 14.9 Å². The van der Waals surface area contributed by atoms with E-state index in [9.17, 15) is 15.0 Å². The predicted molar refractivity (Wildman–Crippen MR) is 113 cm³/mol. The standard InChI is InChI=1S/C22H26N4O4/c1-13(2)17-9-18(20(28)10-19(17)27)21-23-24-22(29)26(21)16-5-4-14-11-25(6-7-30-3)12-15(14)8-16/h4-5,8-10,13,27-28H,6-7,11-12H2,1-3H3,(H,24,29). The van der Waals surface area contributed by atoms with E-state index in [2.05, 4.69) is 15.1 Å². The van der Waals surface area contributed by atoms with Gasteiger partial charge < -0.3 is 14.9 Å². The molecule has 158 valence electrons. The number of nitrogens with one attached hydrogen (secondary N) is 1. The summed E-state index contributed by atoms with van der Waals surface area (Å²) < 4.78 is 6.62. The summed E-state index contributed by atoms with van der Waals surface area (Å²) in [5.74, 6) is 0.226. The van der Waals surface area contributed by atoms with Gasteiger partial charge in [-0.15, -0.1) is 0 Å². The van der Waals surface area contributed by atoms with Crippen LogP contribution in [0.2, 0.25) is 0 Å². The Kier molecular flexibility index (Phi) is 5.36. The van der Waals surface area contributed by atoms with Crippen LogP contribution >= 0.6 is 0 Å². The van der Waals surface area contributed by atoms with Crippen LogP contribution in [0.4, 0.5) is 0 Å². The van der Waals surface area contributed by atoms with Gasteiger partial charge in [0, 0.05) is 32.8 Å². The van der Waals surface area contributed by atoms with Gasteiger partial charge in [-0.3, -0.25) is 4.90 Å². The Morgan fingerprint density at radius 1 is 1.13 bits per heavy atom. The third-order valence-corrected chi connectivity index (χ3v) is 5.53. The molecule has 1 aliphatic rings. The number of aromatic hydroxyl groups is 2. The van der Waals surface area contributed by atoms with E-state index >= 15 is 0 Å². The highest BCUT2D eigenvalue weighted by molar-refractivity contribution is 5.69. The Bertz CT molecular complexity index is 1130. The Labute approximate surface area is 174 Å². The number of phenols is 2. The molecule has 0 amide bonds. The minimum absolute atomic E-state index is 0.0179. The highest BCUT2D eigenvalue weighted by Crippen LogP contribution is 2.37. The Morgan fingerprint density at radius 3 is 2.63 bits per heavy atom.